The van der Waals surface area contributed by atoms with E-state index in [1.54, 1.807) is 0 Å². The van der Waals surface area contributed by atoms with Crippen molar-refractivity contribution in [3.63, 3.8) is 0 Å². The predicted octanol–water partition coefficient (Wildman–Crippen LogP) is 5.17. The Morgan fingerprint density at radius 3 is 1.59 bits per heavy atom. The van der Waals surface area contributed by atoms with Crippen molar-refractivity contribution in [1.29, 1.82) is 0 Å². The third kappa shape index (κ3) is 3.34. The maximum atomic E-state index is 9.49. The summed E-state index contributed by atoms with van der Waals surface area (Å²) in [5.41, 5.74) is 5.20. The average Bonchev–Trinajstić information content (AvgIpc) is 2.57. The summed E-state index contributed by atoms with van der Waals surface area (Å²) in [5.74, 6) is 0. The Bertz CT molecular complexity index is 652. The first-order valence-corrected chi connectivity index (χ1v) is 7.61. The molecule has 0 aliphatic heterocycles. The molecule has 2 aromatic rings. The molecule has 0 amide bonds. The number of rotatable bonds is 2. The van der Waals surface area contributed by atoms with Crippen molar-refractivity contribution in [3.05, 3.63) is 82.9 Å². The second-order valence-electron chi connectivity index (χ2n) is 5.46. The molecular formula is C20H19NO. The molecule has 0 saturated heterocycles. The minimum absolute atomic E-state index is 0.721. The highest BCUT2D eigenvalue weighted by molar-refractivity contribution is 6.17. The van der Waals surface area contributed by atoms with Crippen LogP contribution >= 0.6 is 0 Å². The molecule has 1 aliphatic rings. The Morgan fingerprint density at radius 2 is 1.18 bits per heavy atom. The van der Waals surface area contributed by atoms with Crippen molar-refractivity contribution in [2.45, 2.75) is 19.3 Å². The van der Waals surface area contributed by atoms with Gasteiger partial charge in [0.05, 0.1) is 0 Å². The lowest BCUT2D eigenvalue weighted by molar-refractivity contribution is 0.318. The largest absolute Gasteiger partial charge is 0.410 e. The average molecular weight is 289 g/mol. The molecule has 0 heterocycles. The number of hydrogen-bond acceptors (Lipinski definition) is 2. The van der Waals surface area contributed by atoms with Crippen LogP contribution in [0.15, 0.2) is 77.0 Å². The van der Waals surface area contributed by atoms with Crippen LogP contribution in [0.3, 0.4) is 0 Å². The topological polar surface area (TPSA) is 32.6 Å². The van der Waals surface area contributed by atoms with Gasteiger partial charge >= 0.3 is 0 Å². The predicted molar refractivity (Wildman–Crippen MR) is 91.9 cm³/mol. The van der Waals surface area contributed by atoms with Crippen LogP contribution in [0.2, 0.25) is 0 Å². The van der Waals surface area contributed by atoms with Crippen LogP contribution in [0.25, 0.3) is 12.2 Å². The van der Waals surface area contributed by atoms with E-state index in [4.69, 9.17) is 0 Å². The molecule has 0 atom stereocenters. The molecule has 110 valence electrons. The second kappa shape index (κ2) is 6.90. The standard InChI is InChI=1S/C20H19NO/c22-21-20-18(14-16-8-3-1-4-9-16)12-7-13-19(20)15-17-10-5-2-6-11-17/h1-6,8-11,14-15,22H,7,12-13H2. The molecule has 0 unspecified atom stereocenters. The highest BCUT2D eigenvalue weighted by atomic mass is 16.4. The molecular weight excluding hydrogens is 270 g/mol. The van der Waals surface area contributed by atoms with Gasteiger partial charge in [-0.15, -0.1) is 0 Å². The van der Waals surface area contributed by atoms with Crippen LogP contribution in [0.5, 0.6) is 0 Å². The summed E-state index contributed by atoms with van der Waals surface area (Å²) in [4.78, 5) is 0. The zero-order valence-electron chi connectivity index (χ0n) is 12.4. The first kappa shape index (κ1) is 14.3. The minimum Gasteiger partial charge on any atom is -0.410 e. The summed E-state index contributed by atoms with van der Waals surface area (Å²) in [6, 6.07) is 20.4. The quantitative estimate of drug-likeness (QED) is 0.600. The van der Waals surface area contributed by atoms with Gasteiger partial charge in [0.15, 0.2) is 0 Å². The van der Waals surface area contributed by atoms with E-state index in [1.807, 2.05) is 36.4 Å². The van der Waals surface area contributed by atoms with Crippen molar-refractivity contribution in [2.75, 3.05) is 0 Å². The van der Waals surface area contributed by atoms with E-state index in [9.17, 15) is 5.21 Å². The Hall–Kier alpha value is -2.61. The summed E-state index contributed by atoms with van der Waals surface area (Å²) < 4.78 is 0. The van der Waals surface area contributed by atoms with Crippen LogP contribution in [-0.2, 0) is 0 Å². The molecule has 3 rings (SSSR count). The third-order valence-electron chi connectivity index (χ3n) is 3.88. The third-order valence-corrected chi connectivity index (χ3v) is 3.88. The Kier molecular flexibility index (Phi) is 4.50. The summed E-state index contributed by atoms with van der Waals surface area (Å²) in [5, 5.41) is 13.1. The van der Waals surface area contributed by atoms with Crippen LogP contribution in [0.1, 0.15) is 30.4 Å². The summed E-state index contributed by atoms with van der Waals surface area (Å²) in [7, 11) is 0. The van der Waals surface area contributed by atoms with Crippen molar-refractivity contribution >= 4 is 17.9 Å². The normalized spacial score (nSPS) is 18.6. The van der Waals surface area contributed by atoms with Gasteiger partial charge in [0.1, 0.15) is 5.71 Å². The molecule has 0 radical (unpaired) electrons. The van der Waals surface area contributed by atoms with Gasteiger partial charge in [0.2, 0.25) is 0 Å². The molecule has 1 saturated carbocycles. The fourth-order valence-corrected chi connectivity index (χ4v) is 2.82. The molecule has 0 spiro atoms. The Labute approximate surface area is 131 Å². The van der Waals surface area contributed by atoms with E-state index < -0.39 is 0 Å². The van der Waals surface area contributed by atoms with Crippen LogP contribution in [-0.4, -0.2) is 10.9 Å². The second-order valence-corrected chi connectivity index (χ2v) is 5.46. The lowest BCUT2D eigenvalue weighted by Gasteiger charge is -2.19. The van der Waals surface area contributed by atoms with Gasteiger partial charge in [-0.1, -0.05) is 65.8 Å². The summed E-state index contributed by atoms with van der Waals surface area (Å²) >= 11 is 0. The molecule has 22 heavy (non-hydrogen) atoms. The van der Waals surface area contributed by atoms with Gasteiger partial charge in [-0.05, 0) is 53.7 Å². The molecule has 1 N–H and O–H groups in total. The van der Waals surface area contributed by atoms with E-state index in [1.165, 1.54) is 0 Å². The smallest absolute Gasteiger partial charge is 0.109 e. The number of hydrogen-bond donors (Lipinski definition) is 1. The van der Waals surface area contributed by atoms with E-state index in [0.717, 1.165) is 47.2 Å². The number of oxime groups is 1. The zero-order chi connectivity index (χ0) is 15.2. The first-order chi connectivity index (χ1) is 10.9. The van der Waals surface area contributed by atoms with Crippen molar-refractivity contribution in [2.24, 2.45) is 5.16 Å². The van der Waals surface area contributed by atoms with Crippen LogP contribution in [0.4, 0.5) is 0 Å². The van der Waals surface area contributed by atoms with Crippen molar-refractivity contribution in [3.8, 4) is 0 Å². The van der Waals surface area contributed by atoms with Crippen LogP contribution in [0, 0.1) is 0 Å². The molecule has 2 nitrogen and oxygen atoms in total. The zero-order valence-corrected chi connectivity index (χ0v) is 12.4. The van der Waals surface area contributed by atoms with Gasteiger partial charge in [-0.25, -0.2) is 0 Å². The summed E-state index contributed by atoms with van der Waals surface area (Å²) in [6.07, 6.45) is 7.21. The number of benzene rings is 2. The van der Waals surface area contributed by atoms with E-state index in [0.29, 0.717) is 0 Å². The van der Waals surface area contributed by atoms with Gasteiger partial charge < -0.3 is 5.21 Å². The lowest BCUT2D eigenvalue weighted by atomic mass is 9.86. The minimum atomic E-state index is 0.721. The number of nitrogens with zero attached hydrogens (tertiary/aromatic N) is 1. The van der Waals surface area contributed by atoms with Crippen molar-refractivity contribution in [1.82, 2.24) is 0 Å². The van der Waals surface area contributed by atoms with Crippen molar-refractivity contribution < 1.29 is 5.21 Å². The van der Waals surface area contributed by atoms with Gasteiger partial charge in [0.25, 0.3) is 0 Å². The van der Waals surface area contributed by atoms with E-state index >= 15 is 0 Å². The lowest BCUT2D eigenvalue weighted by Crippen LogP contribution is -2.13. The maximum absolute atomic E-state index is 9.49. The van der Waals surface area contributed by atoms with Crippen LogP contribution < -0.4 is 0 Å². The molecule has 1 fully saturated rings. The van der Waals surface area contributed by atoms with Gasteiger partial charge in [-0.3, -0.25) is 0 Å². The van der Waals surface area contributed by atoms with E-state index in [2.05, 4.69) is 41.6 Å². The Balaban J connectivity index is 1.94. The Morgan fingerprint density at radius 1 is 0.727 bits per heavy atom. The maximum Gasteiger partial charge on any atom is 0.109 e. The monoisotopic (exact) mass is 289 g/mol. The fourth-order valence-electron chi connectivity index (χ4n) is 2.82. The number of allylic oxidation sites excluding steroid dienone is 2. The molecule has 2 heteroatoms. The van der Waals surface area contributed by atoms with Gasteiger partial charge in [-0.2, -0.15) is 0 Å². The molecule has 1 aliphatic carbocycles. The molecule has 2 aromatic carbocycles. The highest BCUT2D eigenvalue weighted by Gasteiger charge is 2.19. The van der Waals surface area contributed by atoms with E-state index in [-0.39, 0.29) is 0 Å². The molecule has 0 aromatic heterocycles. The highest BCUT2D eigenvalue weighted by Crippen LogP contribution is 2.29. The van der Waals surface area contributed by atoms with Gasteiger partial charge in [0, 0.05) is 0 Å². The fraction of sp³-hybridized carbons (Fsp3) is 0.150. The first-order valence-electron chi connectivity index (χ1n) is 7.61. The molecule has 0 bridgehead atoms. The summed E-state index contributed by atoms with van der Waals surface area (Å²) in [6.45, 7) is 0. The SMILES string of the molecule is ON=C1C(=Cc2ccccc2)CCCC1=Cc1ccccc1.